The molecule has 1 heterocycles. The van der Waals surface area contributed by atoms with Crippen LogP contribution in [0.4, 0.5) is 5.69 Å². The van der Waals surface area contributed by atoms with Gasteiger partial charge < -0.3 is 5.11 Å². The summed E-state index contributed by atoms with van der Waals surface area (Å²) in [5, 5.41) is 10.2. The van der Waals surface area contributed by atoms with E-state index >= 15 is 0 Å². The topological polar surface area (TPSA) is 74.7 Å². The van der Waals surface area contributed by atoms with E-state index in [1.165, 1.54) is 15.8 Å². The third kappa shape index (κ3) is 3.08. The highest BCUT2D eigenvalue weighted by molar-refractivity contribution is 7.94. The van der Waals surface area contributed by atoms with Gasteiger partial charge in [0.05, 0.1) is 11.3 Å². The van der Waals surface area contributed by atoms with E-state index in [2.05, 4.69) is 0 Å². The standard InChI is InChI=1S/C14H15NO4S2/c1-3-15(12-6-4-10(2)5-7-12)21(18,19)13-8-11(9-20-13)14(16)17/h4-9H,3H2,1-2H3,(H,16,17). The van der Waals surface area contributed by atoms with E-state index in [-0.39, 0.29) is 16.3 Å². The van der Waals surface area contributed by atoms with E-state index in [0.717, 1.165) is 16.9 Å². The minimum Gasteiger partial charge on any atom is -0.478 e. The second-order valence-corrected chi connectivity index (χ2v) is 7.47. The van der Waals surface area contributed by atoms with E-state index in [1.54, 1.807) is 19.1 Å². The van der Waals surface area contributed by atoms with Gasteiger partial charge in [0, 0.05) is 11.9 Å². The van der Waals surface area contributed by atoms with E-state index < -0.39 is 16.0 Å². The van der Waals surface area contributed by atoms with Crippen molar-refractivity contribution in [1.82, 2.24) is 0 Å². The number of thiophene rings is 1. The largest absolute Gasteiger partial charge is 0.478 e. The Balaban J connectivity index is 2.43. The third-order valence-corrected chi connectivity index (χ3v) is 6.29. The summed E-state index contributed by atoms with van der Waals surface area (Å²) in [5.41, 5.74) is 1.59. The lowest BCUT2D eigenvalue weighted by Crippen LogP contribution is -2.30. The second-order valence-electron chi connectivity index (χ2n) is 4.46. The maximum Gasteiger partial charge on any atom is 0.336 e. The summed E-state index contributed by atoms with van der Waals surface area (Å²) in [6.07, 6.45) is 0. The fourth-order valence-corrected chi connectivity index (χ4v) is 4.61. The van der Waals surface area contributed by atoms with Crippen LogP contribution in [0.5, 0.6) is 0 Å². The van der Waals surface area contributed by atoms with Gasteiger partial charge in [0.2, 0.25) is 0 Å². The molecule has 0 amide bonds. The van der Waals surface area contributed by atoms with Crippen molar-refractivity contribution in [2.75, 3.05) is 10.8 Å². The molecule has 0 aliphatic rings. The molecule has 0 unspecified atom stereocenters. The number of aromatic carboxylic acids is 1. The van der Waals surface area contributed by atoms with Crippen molar-refractivity contribution in [3.63, 3.8) is 0 Å². The Labute approximate surface area is 127 Å². The molecule has 2 rings (SSSR count). The highest BCUT2D eigenvalue weighted by Gasteiger charge is 2.26. The van der Waals surface area contributed by atoms with Crippen LogP contribution in [-0.4, -0.2) is 26.0 Å². The quantitative estimate of drug-likeness (QED) is 0.917. The SMILES string of the molecule is CCN(c1ccc(C)cc1)S(=O)(=O)c1cc(C(=O)O)cs1. The van der Waals surface area contributed by atoms with Gasteiger partial charge in [-0.05, 0) is 32.0 Å². The lowest BCUT2D eigenvalue weighted by atomic mass is 10.2. The number of benzene rings is 1. The van der Waals surface area contributed by atoms with Gasteiger partial charge in [-0.1, -0.05) is 17.7 Å². The first-order chi connectivity index (χ1) is 9.86. The second kappa shape index (κ2) is 5.87. The summed E-state index contributed by atoms with van der Waals surface area (Å²) in [4.78, 5) is 10.9. The number of rotatable bonds is 5. The normalized spacial score (nSPS) is 11.3. The van der Waals surface area contributed by atoms with Crippen LogP contribution in [0.1, 0.15) is 22.8 Å². The first-order valence-corrected chi connectivity index (χ1v) is 8.59. The molecule has 0 aliphatic carbocycles. The first kappa shape index (κ1) is 15.5. The van der Waals surface area contributed by atoms with Gasteiger partial charge in [0.25, 0.3) is 10.0 Å². The molecule has 0 saturated carbocycles. The van der Waals surface area contributed by atoms with Gasteiger partial charge >= 0.3 is 5.97 Å². The Morgan fingerprint density at radius 1 is 1.29 bits per heavy atom. The average Bonchev–Trinajstić information content (AvgIpc) is 2.92. The minimum absolute atomic E-state index is 0.0152. The maximum absolute atomic E-state index is 12.6. The van der Waals surface area contributed by atoms with Crippen LogP contribution in [0.15, 0.2) is 39.9 Å². The smallest absolute Gasteiger partial charge is 0.336 e. The van der Waals surface area contributed by atoms with Crippen LogP contribution in [-0.2, 0) is 10.0 Å². The molecule has 1 aromatic carbocycles. The Hall–Kier alpha value is -1.86. The van der Waals surface area contributed by atoms with Crippen molar-refractivity contribution in [3.8, 4) is 0 Å². The summed E-state index contributed by atoms with van der Waals surface area (Å²) in [5.74, 6) is -1.13. The molecule has 2 aromatic rings. The Kier molecular flexibility index (Phi) is 4.34. The minimum atomic E-state index is -3.74. The summed E-state index contributed by atoms with van der Waals surface area (Å²) < 4.78 is 26.6. The number of nitrogens with zero attached hydrogens (tertiary/aromatic N) is 1. The van der Waals surface area contributed by atoms with Gasteiger partial charge in [-0.2, -0.15) is 0 Å². The Morgan fingerprint density at radius 3 is 2.38 bits per heavy atom. The van der Waals surface area contributed by atoms with Crippen LogP contribution in [0, 0.1) is 6.92 Å². The average molecular weight is 325 g/mol. The third-order valence-electron chi connectivity index (χ3n) is 2.98. The summed E-state index contributed by atoms with van der Waals surface area (Å²) in [7, 11) is -3.74. The molecule has 1 N–H and O–H groups in total. The summed E-state index contributed by atoms with van der Waals surface area (Å²) in [6.45, 7) is 3.93. The van der Waals surface area contributed by atoms with Crippen LogP contribution in [0.3, 0.4) is 0 Å². The predicted molar refractivity (Wildman–Crippen MR) is 82.7 cm³/mol. The number of carbonyl (C=O) groups is 1. The number of carboxylic acid groups (broad SMARTS) is 1. The maximum atomic E-state index is 12.6. The van der Waals surface area contributed by atoms with Crippen LogP contribution >= 0.6 is 11.3 Å². The number of aryl methyl sites for hydroxylation is 1. The van der Waals surface area contributed by atoms with Gasteiger partial charge in [0.1, 0.15) is 4.21 Å². The zero-order chi connectivity index (χ0) is 15.6. The van der Waals surface area contributed by atoms with Gasteiger partial charge in [0.15, 0.2) is 0 Å². The van der Waals surface area contributed by atoms with E-state index in [4.69, 9.17) is 5.11 Å². The van der Waals surface area contributed by atoms with E-state index in [9.17, 15) is 13.2 Å². The van der Waals surface area contributed by atoms with Crippen LogP contribution < -0.4 is 4.31 Å². The van der Waals surface area contributed by atoms with Crippen molar-refractivity contribution >= 4 is 33.0 Å². The van der Waals surface area contributed by atoms with Crippen molar-refractivity contribution in [1.29, 1.82) is 0 Å². The van der Waals surface area contributed by atoms with E-state index in [1.807, 2.05) is 19.1 Å². The number of carboxylic acids is 1. The van der Waals surface area contributed by atoms with Crippen molar-refractivity contribution in [2.24, 2.45) is 0 Å². The zero-order valence-corrected chi connectivity index (χ0v) is 13.2. The predicted octanol–water partition coefficient (Wildman–Crippen LogP) is 2.97. The Bertz CT molecular complexity index is 748. The molecule has 0 radical (unpaired) electrons. The molecular weight excluding hydrogens is 310 g/mol. The van der Waals surface area contributed by atoms with Gasteiger partial charge in [-0.3, -0.25) is 4.31 Å². The molecule has 1 aromatic heterocycles. The molecule has 0 spiro atoms. The first-order valence-electron chi connectivity index (χ1n) is 6.27. The van der Waals surface area contributed by atoms with E-state index in [0.29, 0.717) is 5.69 Å². The summed E-state index contributed by atoms with van der Waals surface area (Å²) in [6, 6.07) is 8.35. The molecule has 0 aliphatic heterocycles. The zero-order valence-electron chi connectivity index (χ0n) is 11.6. The fraction of sp³-hybridized carbons (Fsp3) is 0.214. The Morgan fingerprint density at radius 2 is 1.90 bits per heavy atom. The lowest BCUT2D eigenvalue weighted by molar-refractivity contribution is 0.0697. The molecule has 5 nitrogen and oxygen atoms in total. The monoisotopic (exact) mass is 325 g/mol. The molecular formula is C14H15NO4S2. The van der Waals surface area contributed by atoms with Crippen molar-refractivity contribution < 1.29 is 18.3 Å². The fourth-order valence-electron chi connectivity index (χ4n) is 1.87. The molecule has 0 atom stereocenters. The van der Waals surface area contributed by atoms with Crippen molar-refractivity contribution in [2.45, 2.75) is 18.1 Å². The van der Waals surface area contributed by atoms with Crippen LogP contribution in [0.2, 0.25) is 0 Å². The van der Waals surface area contributed by atoms with Gasteiger partial charge in [-0.25, -0.2) is 13.2 Å². The summed E-state index contributed by atoms with van der Waals surface area (Å²) >= 11 is 0.916. The molecule has 7 heteroatoms. The van der Waals surface area contributed by atoms with Crippen molar-refractivity contribution in [3.05, 3.63) is 46.8 Å². The molecule has 0 bridgehead atoms. The molecule has 0 saturated heterocycles. The molecule has 0 fully saturated rings. The highest BCUT2D eigenvalue weighted by Crippen LogP contribution is 2.28. The molecule has 21 heavy (non-hydrogen) atoms. The number of sulfonamides is 1. The highest BCUT2D eigenvalue weighted by atomic mass is 32.2. The number of hydrogen-bond acceptors (Lipinski definition) is 4. The van der Waals surface area contributed by atoms with Gasteiger partial charge in [-0.15, -0.1) is 11.3 Å². The van der Waals surface area contributed by atoms with Crippen LogP contribution in [0.25, 0.3) is 0 Å². The number of hydrogen-bond donors (Lipinski definition) is 1. The number of anilines is 1. The molecule has 112 valence electrons. The lowest BCUT2D eigenvalue weighted by Gasteiger charge is -2.22.